The Morgan fingerprint density at radius 1 is 0.824 bits per heavy atom. The van der Waals surface area contributed by atoms with Crippen molar-refractivity contribution in [2.75, 3.05) is 11.9 Å². The van der Waals surface area contributed by atoms with Crippen molar-refractivity contribution >= 4 is 34.2 Å². The van der Waals surface area contributed by atoms with Crippen molar-refractivity contribution in [3.63, 3.8) is 0 Å². The van der Waals surface area contributed by atoms with Gasteiger partial charge in [0.05, 0.1) is 6.54 Å². The predicted molar refractivity (Wildman–Crippen MR) is 152 cm³/mol. The highest BCUT2D eigenvalue weighted by Gasteiger charge is 2.23. The van der Waals surface area contributed by atoms with Crippen molar-refractivity contribution in [3.05, 3.63) is 98.6 Å². The molecule has 0 bridgehead atoms. The van der Waals surface area contributed by atoms with Gasteiger partial charge in [0.15, 0.2) is 0 Å². The number of hydrogen-bond donors (Lipinski definition) is 1. The van der Waals surface area contributed by atoms with Gasteiger partial charge in [0.2, 0.25) is 5.91 Å². The first-order valence-electron chi connectivity index (χ1n) is 11.9. The van der Waals surface area contributed by atoms with E-state index in [0.717, 1.165) is 17.8 Å². The number of carbonyl (C=O) groups is 1. The molecule has 0 spiro atoms. The van der Waals surface area contributed by atoms with Gasteiger partial charge in [-0.3, -0.25) is 9.69 Å². The Morgan fingerprint density at radius 3 is 2.09 bits per heavy atom. The lowest BCUT2D eigenvalue weighted by Gasteiger charge is -2.28. The summed E-state index contributed by atoms with van der Waals surface area (Å²) >= 11 is 2.37. The molecule has 0 aliphatic rings. The summed E-state index contributed by atoms with van der Waals surface area (Å²) in [6.45, 7) is 14.9. The maximum Gasteiger partial charge on any atom is 0.238 e. The third-order valence-electron chi connectivity index (χ3n) is 5.94. The van der Waals surface area contributed by atoms with Crippen molar-refractivity contribution in [2.24, 2.45) is 0 Å². The standard InChI is InChI=1S/C30H37IN2O/c1-29(2,3)24-16-17-25(30(4,5)6)27(18-24)32-28(34)21-33(19-22-12-8-7-9-13-22)20-23-14-10-11-15-26(23)31/h7-18H,19-21H2,1-6H3,(H,32,34). The molecule has 0 saturated carbocycles. The minimum atomic E-state index is -0.0666. The van der Waals surface area contributed by atoms with E-state index in [1.807, 2.05) is 18.2 Å². The van der Waals surface area contributed by atoms with E-state index in [1.165, 1.54) is 20.3 Å². The Bertz CT molecular complexity index is 1110. The fourth-order valence-corrected chi connectivity index (χ4v) is 4.60. The van der Waals surface area contributed by atoms with Crippen LogP contribution in [0, 0.1) is 3.57 Å². The molecule has 0 radical (unpaired) electrons. The van der Waals surface area contributed by atoms with Gasteiger partial charge in [0.1, 0.15) is 0 Å². The number of rotatable bonds is 7. The molecule has 34 heavy (non-hydrogen) atoms. The summed E-state index contributed by atoms with van der Waals surface area (Å²) < 4.78 is 1.21. The van der Waals surface area contributed by atoms with Crippen molar-refractivity contribution < 1.29 is 4.79 Å². The van der Waals surface area contributed by atoms with E-state index in [0.29, 0.717) is 13.1 Å². The zero-order valence-electron chi connectivity index (χ0n) is 21.3. The van der Waals surface area contributed by atoms with Gasteiger partial charge >= 0.3 is 0 Å². The molecular formula is C30H37IN2O. The zero-order chi connectivity index (χ0) is 24.9. The van der Waals surface area contributed by atoms with Crippen LogP contribution < -0.4 is 5.32 Å². The van der Waals surface area contributed by atoms with Crippen molar-refractivity contribution in [3.8, 4) is 0 Å². The minimum absolute atomic E-state index is 0.0124. The third kappa shape index (κ3) is 7.41. The van der Waals surface area contributed by atoms with Gasteiger partial charge in [-0.1, -0.05) is 102 Å². The molecular weight excluding hydrogens is 531 g/mol. The molecule has 3 aromatic carbocycles. The highest BCUT2D eigenvalue weighted by Crippen LogP contribution is 2.34. The van der Waals surface area contributed by atoms with Crippen LogP contribution in [0.5, 0.6) is 0 Å². The maximum atomic E-state index is 13.4. The topological polar surface area (TPSA) is 32.3 Å². The number of nitrogens with one attached hydrogen (secondary N) is 1. The fourth-order valence-electron chi connectivity index (χ4n) is 4.04. The normalized spacial score (nSPS) is 12.1. The number of nitrogens with zero attached hydrogens (tertiary/aromatic N) is 1. The van der Waals surface area contributed by atoms with E-state index in [2.05, 4.69) is 129 Å². The Morgan fingerprint density at radius 2 is 1.47 bits per heavy atom. The Balaban J connectivity index is 1.85. The molecule has 180 valence electrons. The van der Waals surface area contributed by atoms with Crippen LogP contribution in [-0.2, 0) is 28.7 Å². The molecule has 0 saturated heterocycles. The van der Waals surface area contributed by atoms with Crippen LogP contribution in [0.3, 0.4) is 0 Å². The van der Waals surface area contributed by atoms with E-state index >= 15 is 0 Å². The second kappa shape index (κ2) is 11.0. The van der Waals surface area contributed by atoms with E-state index in [4.69, 9.17) is 0 Å². The number of benzene rings is 3. The van der Waals surface area contributed by atoms with Crippen LogP contribution in [0.15, 0.2) is 72.8 Å². The molecule has 0 atom stereocenters. The monoisotopic (exact) mass is 568 g/mol. The molecule has 0 aromatic heterocycles. The minimum Gasteiger partial charge on any atom is -0.325 e. The van der Waals surface area contributed by atoms with Crippen molar-refractivity contribution in [1.82, 2.24) is 4.90 Å². The summed E-state index contributed by atoms with van der Waals surface area (Å²) in [6.07, 6.45) is 0. The molecule has 0 unspecified atom stereocenters. The number of carbonyl (C=O) groups excluding carboxylic acids is 1. The quantitative estimate of drug-likeness (QED) is 0.299. The van der Waals surface area contributed by atoms with Gasteiger partial charge in [-0.15, -0.1) is 0 Å². The van der Waals surface area contributed by atoms with Crippen LogP contribution >= 0.6 is 22.6 Å². The highest BCUT2D eigenvalue weighted by atomic mass is 127. The number of amides is 1. The SMILES string of the molecule is CC(C)(C)c1ccc(C(C)(C)C)c(NC(=O)CN(Cc2ccccc2)Cc2ccccc2I)c1. The Labute approximate surface area is 219 Å². The number of halogens is 1. The first kappa shape index (κ1) is 26.4. The third-order valence-corrected chi connectivity index (χ3v) is 6.99. The lowest BCUT2D eigenvalue weighted by Crippen LogP contribution is -2.33. The molecule has 0 aliphatic heterocycles. The van der Waals surface area contributed by atoms with Crippen molar-refractivity contribution in [1.29, 1.82) is 0 Å². The molecule has 3 aromatic rings. The second-order valence-corrected chi connectivity index (χ2v) is 12.2. The number of hydrogen-bond acceptors (Lipinski definition) is 2. The first-order chi connectivity index (χ1) is 15.9. The van der Waals surface area contributed by atoms with Gasteiger partial charge < -0.3 is 5.32 Å². The average Bonchev–Trinajstić information content (AvgIpc) is 2.74. The lowest BCUT2D eigenvalue weighted by atomic mass is 9.81. The maximum absolute atomic E-state index is 13.4. The van der Waals surface area contributed by atoms with Crippen LogP contribution in [0.25, 0.3) is 0 Å². The number of anilines is 1. The molecule has 1 N–H and O–H groups in total. The summed E-state index contributed by atoms with van der Waals surface area (Å²) in [7, 11) is 0. The van der Waals surface area contributed by atoms with E-state index in [-0.39, 0.29) is 16.7 Å². The molecule has 0 fully saturated rings. The molecule has 3 rings (SSSR count). The van der Waals surface area contributed by atoms with Gasteiger partial charge in [-0.25, -0.2) is 0 Å². The van der Waals surface area contributed by atoms with Crippen molar-refractivity contribution in [2.45, 2.75) is 65.5 Å². The van der Waals surface area contributed by atoms with Crippen LogP contribution in [-0.4, -0.2) is 17.4 Å². The Kier molecular flexibility index (Phi) is 8.58. The van der Waals surface area contributed by atoms with Gasteiger partial charge in [0, 0.05) is 22.3 Å². The molecule has 1 amide bonds. The first-order valence-corrected chi connectivity index (χ1v) is 13.0. The largest absolute Gasteiger partial charge is 0.325 e. The van der Waals surface area contributed by atoms with Gasteiger partial charge in [-0.05, 0) is 67.8 Å². The van der Waals surface area contributed by atoms with E-state index in [1.54, 1.807) is 0 Å². The smallest absolute Gasteiger partial charge is 0.238 e. The van der Waals surface area contributed by atoms with E-state index < -0.39 is 0 Å². The summed E-state index contributed by atoms with van der Waals surface area (Å²) in [5, 5.41) is 3.26. The predicted octanol–water partition coefficient (Wildman–Crippen LogP) is 7.53. The summed E-state index contributed by atoms with van der Waals surface area (Å²) in [6, 6.07) is 25.2. The lowest BCUT2D eigenvalue weighted by molar-refractivity contribution is -0.117. The van der Waals surface area contributed by atoms with Crippen LogP contribution in [0.4, 0.5) is 5.69 Å². The van der Waals surface area contributed by atoms with Crippen LogP contribution in [0.2, 0.25) is 0 Å². The summed E-state index contributed by atoms with van der Waals surface area (Å²) in [5.41, 5.74) is 5.67. The fraction of sp³-hybridized carbons (Fsp3) is 0.367. The second-order valence-electron chi connectivity index (χ2n) is 11.0. The summed E-state index contributed by atoms with van der Waals surface area (Å²) in [5.74, 6) is 0.0124. The molecule has 4 heteroatoms. The van der Waals surface area contributed by atoms with Gasteiger partial charge in [0.25, 0.3) is 0 Å². The van der Waals surface area contributed by atoms with Gasteiger partial charge in [-0.2, -0.15) is 0 Å². The Hall–Kier alpha value is -2.18. The highest BCUT2D eigenvalue weighted by molar-refractivity contribution is 14.1. The van der Waals surface area contributed by atoms with Crippen LogP contribution in [0.1, 0.15) is 63.8 Å². The molecule has 0 heterocycles. The zero-order valence-corrected chi connectivity index (χ0v) is 23.4. The van der Waals surface area contributed by atoms with E-state index in [9.17, 15) is 4.79 Å². The molecule has 3 nitrogen and oxygen atoms in total. The average molecular weight is 569 g/mol. The summed E-state index contributed by atoms with van der Waals surface area (Å²) in [4.78, 5) is 15.6. The molecule has 0 aliphatic carbocycles.